The Bertz CT molecular complexity index is 1490. The molecule has 0 aliphatic carbocycles. The monoisotopic (exact) mass is 391 g/mol. The average molecular weight is 391 g/mol. The Kier molecular flexibility index (Phi) is 4.32. The van der Waals surface area contributed by atoms with Gasteiger partial charge in [-0.05, 0) is 49.5 Å². The summed E-state index contributed by atoms with van der Waals surface area (Å²) in [4.78, 5) is 0. The fraction of sp³-hybridized carbons (Fsp3) is 0. The summed E-state index contributed by atoms with van der Waals surface area (Å²) in [5.41, 5.74) is 5.07. The van der Waals surface area contributed by atoms with E-state index in [1.807, 2.05) is 0 Å². The SMILES string of the molecule is [B](c1ccccc1)c1c2ccccc2c(-c2ccc3ccccc3c2)c2ccccc12. The van der Waals surface area contributed by atoms with Crippen LogP contribution in [0.1, 0.15) is 0 Å². The molecule has 143 valence electrons. The molecule has 0 amide bonds. The van der Waals surface area contributed by atoms with E-state index in [0.29, 0.717) is 0 Å². The third-order valence-electron chi connectivity index (χ3n) is 6.12. The van der Waals surface area contributed by atoms with Crippen LogP contribution in [0.3, 0.4) is 0 Å². The van der Waals surface area contributed by atoms with E-state index in [0.717, 1.165) is 0 Å². The van der Waals surface area contributed by atoms with Gasteiger partial charge in [0.1, 0.15) is 0 Å². The van der Waals surface area contributed by atoms with Gasteiger partial charge < -0.3 is 0 Å². The zero-order valence-corrected chi connectivity index (χ0v) is 17.1. The van der Waals surface area contributed by atoms with E-state index in [1.54, 1.807) is 0 Å². The second-order valence-corrected chi connectivity index (χ2v) is 8.00. The van der Waals surface area contributed by atoms with Crippen LogP contribution in [0.25, 0.3) is 43.4 Å². The second-order valence-electron chi connectivity index (χ2n) is 8.00. The summed E-state index contributed by atoms with van der Waals surface area (Å²) in [7, 11) is 2.31. The molecule has 0 saturated heterocycles. The molecule has 6 rings (SSSR count). The summed E-state index contributed by atoms with van der Waals surface area (Å²) in [6, 6.07) is 43.6. The highest BCUT2D eigenvalue weighted by Gasteiger charge is 2.16. The highest BCUT2D eigenvalue weighted by molar-refractivity contribution is 6.72. The van der Waals surface area contributed by atoms with Crippen LogP contribution in [-0.2, 0) is 0 Å². The number of hydrogen-bond donors (Lipinski definition) is 0. The van der Waals surface area contributed by atoms with Gasteiger partial charge in [-0.15, -0.1) is 0 Å². The van der Waals surface area contributed by atoms with Crippen LogP contribution >= 0.6 is 0 Å². The lowest BCUT2D eigenvalue weighted by atomic mass is 9.60. The molecular formula is C30H20B. The third kappa shape index (κ3) is 3.10. The van der Waals surface area contributed by atoms with Crippen LogP contribution in [0, 0.1) is 0 Å². The molecule has 0 bridgehead atoms. The number of benzene rings is 6. The van der Waals surface area contributed by atoms with Crippen molar-refractivity contribution in [1.29, 1.82) is 0 Å². The Morgan fingerprint density at radius 1 is 0.419 bits per heavy atom. The number of rotatable bonds is 3. The van der Waals surface area contributed by atoms with E-state index >= 15 is 0 Å². The van der Waals surface area contributed by atoms with E-state index in [1.165, 1.54) is 54.4 Å². The van der Waals surface area contributed by atoms with E-state index in [2.05, 4.69) is 129 Å². The minimum atomic E-state index is 1.22. The molecule has 6 aromatic rings. The summed E-state index contributed by atoms with van der Waals surface area (Å²) >= 11 is 0. The van der Waals surface area contributed by atoms with Gasteiger partial charge in [0.25, 0.3) is 0 Å². The predicted molar refractivity (Wildman–Crippen MR) is 136 cm³/mol. The van der Waals surface area contributed by atoms with Crippen molar-refractivity contribution in [3.8, 4) is 11.1 Å². The molecule has 0 aliphatic heterocycles. The van der Waals surface area contributed by atoms with Crippen molar-refractivity contribution in [3.05, 3.63) is 121 Å². The smallest absolute Gasteiger partial charge is 0.0814 e. The molecule has 31 heavy (non-hydrogen) atoms. The maximum atomic E-state index is 2.32. The standard InChI is InChI=1S/C30H20B/c1-2-12-24(13-3-1)31-30-27-16-8-6-14-25(27)29(26-15-7-9-17-28(26)30)23-19-18-21-10-4-5-11-22(21)20-23/h1-20H. The van der Waals surface area contributed by atoms with Gasteiger partial charge >= 0.3 is 0 Å². The fourth-order valence-corrected chi connectivity index (χ4v) is 4.69. The molecule has 1 heteroatoms. The Morgan fingerprint density at radius 3 is 1.65 bits per heavy atom. The molecule has 0 nitrogen and oxygen atoms in total. The molecule has 0 N–H and O–H groups in total. The normalized spacial score (nSPS) is 11.2. The van der Waals surface area contributed by atoms with Gasteiger partial charge in [0.05, 0.1) is 0 Å². The summed E-state index contributed by atoms with van der Waals surface area (Å²) in [5.74, 6) is 0. The van der Waals surface area contributed by atoms with Crippen molar-refractivity contribution >= 4 is 50.5 Å². The first-order chi connectivity index (χ1) is 15.4. The molecule has 0 heterocycles. The minimum absolute atomic E-state index is 1.22. The van der Waals surface area contributed by atoms with Crippen LogP contribution in [0.15, 0.2) is 121 Å². The molecule has 1 radical (unpaired) electrons. The highest BCUT2D eigenvalue weighted by atomic mass is 14.2. The van der Waals surface area contributed by atoms with Crippen molar-refractivity contribution in [2.24, 2.45) is 0 Å². The molecule has 0 aromatic heterocycles. The Morgan fingerprint density at radius 2 is 0.968 bits per heavy atom. The van der Waals surface area contributed by atoms with E-state index in [4.69, 9.17) is 0 Å². The zero-order chi connectivity index (χ0) is 20.6. The van der Waals surface area contributed by atoms with Gasteiger partial charge in [0.15, 0.2) is 7.28 Å². The first-order valence-corrected chi connectivity index (χ1v) is 10.7. The van der Waals surface area contributed by atoms with Crippen LogP contribution in [0.4, 0.5) is 0 Å². The summed E-state index contributed by atoms with van der Waals surface area (Å²) in [6.45, 7) is 0. The summed E-state index contributed by atoms with van der Waals surface area (Å²) in [6.07, 6.45) is 0. The van der Waals surface area contributed by atoms with Crippen molar-refractivity contribution in [2.75, 3.05) is 0 Å². The third-order valence-corrected chi connectivity index (χ3v) is 6.12. The van der Waals surface area contributed by atoms with E-state index < -0.39 is 0 Å². The maximum absolute atomic E-state index is 2.32. The lowest BCUT2D eigenvalue weighted by Crippen LogP contribution is -2.28. The highest BCUT2D eigenvalue weighted by Crippen LogP contribution is 2.36. The largest absolute Gasteiger partial charge is 0.193 e. The van der Waals surface area contributed by atoms with Crippen molar-refractivity contribution in [1.82, 2.24) is 0 Å². The van der Waals surface area contributed by atoms with Gasteiger partial charge in [0.2, 0.25) is 0 Å². The second kappa shape index (κ2) is 7.45. The van der Waals surface area contributed by atoms with Gasteiger partial charge in [-0.1, -0.05) is 126 Å². The average Bonchev–Trinajstić information content (AvgIpc) is 2.84. The van der Waals surface area contributed by atoms with Crippen molar-refractivity contribution < 1.29 is 0 Å². The maximum Gasteiger partial charge on any atom is 0.193 e. The van der Waals surface area contributed by atoms with Crippen molar-refractivity contribution in [3.63, 3.8) is 0 Å². The minimum Gasteiger partial charge on any atom is -0.0814 e. The van der Waals surface area contributed by atoms with Gasteiger partial charge in [-0.3, -0.25) is 0 Å². The zero-order valence-electron chi connectivity index (χ0n) is 17.1. The first-order valence-electron chi connectivity index (χ1n) is 10.7. The van der Waals surface area contributed by atoms with E-state index in [-0.39, 0.29) is 0 Å². The molecular weight excluding hydrogens is 371 g/mol. The molecule has 0 fully saturated rings. The summed E-state index contributed by atoms with van der Waals surface area (Å²) < 4.78 is 0. The van der Waals surface area contributed by atoms with Crippen LogP contribution < -0.4 is 10.9 Å². The number of hydrogen-bond acceptors (Lipinski definition) is 0. The van der Waals surface area contributed by atoms with Crippen LogP contribution in [-0.4, -0.2) is 7.28 Å². The molecule has 0 aliphatic rings. The van der Waals surface area contributed by atoms with E-state index in [9.17, 15) is 0 Å². The lowest BCUT2D eigenvalue weighted by molar-refractivity contribution is 1.71. The topological polar surface area (TPSA) is 0 Å². The Labute approximate surface area is 183 Å². The molecule has 0 atom stereocenters. The number of fused-ring (bicyclic) bond motifs is 3. The first kappa shape index (κ1) is 18.0. The molecule has 6 aromatic carbocycles. The van der Waals surface area contributed by atoms with Crippen LogP contribution in [0.5, 0.6) is 0 Å². The Hall–Kier alpha value is -3.84. The molecule has 0 saturated carbocycles. The van der Waals surface area contributed by atoms with Gasteiger partial charge in [0, 0.05) is 0 Å². The fourth-order valence-electron chi connectivity index (χ4n) is 4.69. The quantitative estimate of drug-likeness (QED) is 0.240. The van der Waals surface area contributed by atoms with Crippen LogP contribution in [0.2, 0.25) is 0 Å². The summed E-state index contributed by atoms with van der Waals surface area (Å²) in [5, 5.41) is 7.70. The Balaban J connectivity index is 1.69. The van der Waals surface area contributed by atoms with Gasteiger partial charge in [-0.25, -0.2) is 0 Å². The lowest BCUT2D eigenvalue weighted by Gasteiger charge is -2.17. The van der Waals surface area contributed by atoms with Crippen molar-refractivity contribution in [2.45, 2.75) is 0 Å². The molecule has 0 unspecified atom stereocenters. The predicted octanol–water partition coefficient (Wildman–Crippen LogP) is 6.47. The van der Waals surface area contributed by atoms with Gasteiger partial charge in [-0.2, -0.15) is 0 Å². The molecule has 0 spiro atoms.